The number of esters is 1. The predicted molar refractivity (Wildman–Crippen MR) is 118 cm³/mol. The molecule has 1 aromatic heterocycles. The van der Waals surface area contributed by atoms with Crippen molar-refractivity contribution in [1.82, 2.24) is 10.1 Å². The predicted octanol–water partition coefficient (Wildman–Crippen LogP) is 4.63. The quantitative estimate of drug-likeness (QED) is 0.486. The summed E-state index contributed by atoms with van der Waals surface area (Å²) in [5.74, 6) is -0.149. The number of hydrogen-bond acceptors (Lipinski definition) is 6. The van der Waals surface area contributed by atoms with Crippen LogP contribution in [0.15, 0.2) is 47.0 Å². The van der Waals surface area contributed by atoms with Crippen LogP contribution in [-0.4, -0.2) is 28.6 Å². The van der Waals surface area contributed by atoms with Gasteiger partial charge in [-0.05, 0) is 48.2 Å². The zero-order chi connectivity index (χ0) is 22.2. The summed E-state index contributed by atoms with van der Waals surface area (Å²) >= 11 is 5.87. The first-order valence-corrected chi connectivity index (χ1v) is 10.5. The van der Waals surface area contributed by atoms with Gasteiger partial charge in [-0.3, -0.25) is 9.59 Å². The van der Waals surface area contributed by atoms with Crippen molar-refractivity contribution in [3.63, 3.8) is 0 Å². The zero-order valence-corrected chi connectivity index (χ0v) is 18.2. The van der Waals surface area contributed by atoms with E-state index in [1.807, 2.05) is 32.0 Å². The molecule has 8 heteroatoms. The van der Waals surface area contributed by atoms with E-state index < -0.39 is 5.97 Å². The van der Waals surface area contributed by atoms with Crippen LogP contribution in [0.4, 0.5) is 5.69 Å². The molecular weight excluding hydrogens is 418 g/mol. The Morgan fingerprint density at radius 1 is 1.06 bits per heavy atom. The van der Waals surface area contributed by atoms with Gasteiger partial charge in [0.25, 0.3) is 5.91 Å². The molecule has 162 valence electrons. The standard InChI is InChI=1S/C23H24ClN3O4/c1-3-15-6-5-7-16(4-2)22(15)25-19(28)14-30-21(29)13-12-20-26-23(27-31-20)17-8-10-18(24)11-9-17/h5-11H,3-4,12-14H2,1-2H3,(H,25,28). The third-order valence-electron chi connectivity index (χ3n) is 4.74. The second-order valence-corrected chi connectivity index (χ2v) is 7.32. The maximum Gasteiger partial charge on any atom is 0.306 e. The molecule has 0 aliphatic rings. The summed E-state index contributed by atoms with van der Waals surface area (Å²) in [6.45, 7) is 3.71. The number of aryl methyl sites for hydroxylation is 3. The SMILES string of the molecule is CCc1cccc(CC)c1NC(=O)COC(=O)CCc1nc(-c2ccc(Cl)cc2)no1. The van der Waals surface area contributed by atoms with Gasteiger partial charge in [0.1, 0.15) is 0 Å². The number of aromatic nitrogens is 2. The summed E-state index contributed by atoms with van der Waals surface area (Å²) < 4.78 is 10.3. The summed E-state index contributed by atoms with van der Waals surface area (Å²) in [6.07, 6.45) is 1.85. The van der Waals surface area contributed by atoms with Crippen LogP contribution in [0.1, 0.15) is 37.3 Å². The minimum absolute atomic E-state index is 0.0291. The second kappa shape index (κ2) is 10.7. The minimum atomic E-state index is -0.513. The normalized spacial score (nSPS) is 10.7. The van der Waals surface area contributed by atoms with Gasteiger partial charge in [0.2, 0.25) is 11.7 Å². The molecule has 0 saturated carbocycles. The lowest BCUT2D eigenvalue weighted by Gasteiger charge is -2.14. The van der Waals surface area contributed by atoms with Gasteiger partial charge >= 0.3 is 5.97 Å². The highest BCUT2D eigenvalue weighted by atomic mass is 35.5. The Balaban J connectivity index is 1.48. The van der Waals surface area contributed by atoms with Crippen molar-refractivity contribution < 1.29 is 18.8 Å². The van der Waals surface area contributed by atoms with E-state index >= 15 is 0 Å². The third kappa shape index (κ3) is 6.15. The topological polar surface area (TPSA) is 94.3 Å². The molecule has 0 spiro atoms. The maximum absolute atomic E-state index is 12.3. The summed E-state index contributed by atoms with van der Waals surface area (Å²) in [5, 5.41) is 7.39. The lowest BCUT2D eigenvalue weighted by atomic mass is 10.0. The van der Waals surface area contributed by atoms with Crippen molar-refractivity contribution >= 4 is 29.2 Å². The molecule has 3 aromatic rings. The molecule has 1 N–H and O–H groups in total. The molecule has 0 aliphatic carbocycles. The monoisotopic (exact) mass is 441 g/mol. The van der Waals surface area contributed by atoms with E-state index in [4.69, 9.17) is 20.9 Å². The van der Waals surface area contributed by atoms with Crippen molar-refractivity contribution in [3.8, 4) is 11.4 Å². The highest BCUT2D eigenvalue weighted by Gasteiger charge is 2.14. The fourth-order valence-corrected chi connectivity index (χ4v) is 3.20. The molecule has 0 radical (unpaired) electrons. The Hall–Kier alpha value is -3.19. The number of para-hydroxylation sites is 1. The minimum Gasteiger partial charge on any atom is -0.456 e. The Bertz CT molecular complexity index is 1020. The summed E-state index contributed by atoms with van der Waals surface area (Å²) in [7, 11) is 0. The van der Waals surface area contributed by atoms with E-state index in [0.717, 1.165) is 35.2 Å². The molecule has 2 aromatic carbocycles. The zero-order valence-electron chi connectivity index (χ0n) is 17.5. The molecule has 1 heterocycles. The van der Waals surface area contributed by atoms with Crippen LogP contribution in [0, 0.1) is 0 Å². The van der Waals surface area contributed by atoms with Gasteiger partial charge in [-0.1, -0.05) is 48.8 Å². The first-order valence-electron chi connectivity index (χ1n) is 10.1. The summed E-state index contributed by atoms with van der Waals surface area (Å²) in [4.78, 5) is 28.6. The number of anilines is 1. The molecule has 7 nitrogen and oxygen atoms in total. The largest absolute Gasteiger partial charge is 0.456 e. The third-order valence-corrected chi connectivity index (χ3v) is 4.99. The van der Waals surface area contributed by atoms with Crippen LogP contribution in [0.2, 0.25) is 5.02 Å². The second-order valence-electron chi connectivity index (χ2n) is 6.89. The molecule has 0 bridgehead atoms. The van der Waals surface area contributed by atoms with E-state index in [1.165, 1.54) is 0 Å². The number of nitrogens with zero attached hydrogens (tertiary/aromatic N) is 2. The molecular formula is C23H24ClN3O4. The average molecular weight is 442 g/mol. The van der Waals surface area contributed by atoms with E-state index in [0.29, 0.717) is 16.7 Å². The molecule has 31 heavy (non-hydrogen) atoms. The van der Waals surface area contributed by atoms with Crippen LogP contribution in [0.25, 0.3) is 11.4 Å². The first-order chi connectivity index (χ1) is 15.0. The highest BCUT2D eigenvalue weighted by molar-refractivity contribution is 6.30. The van der Waals surface area contributed by atoms with Gasteiger partial charge in [-0.25, -0.2) is 0 Å². The van der Waals surface area contributed by atoms with Gasteiger partial charge in [0.15, 0.2) is 6.61 Å². The lowest BCUT2D eigenvalue weighted by Crippen LogP contribution is -2.22. The van der Waals surface area contributed by atoms with Gasteiger partial charge in [-0.2, -0.15) is 4.98 Å². The lowest BCUT2D eigenvalue weighted by molar-refractivity contribution is -0.147. The Kier molecular flexibility index (Phi) is 7.78. The van der Waals surface area contributed by atoms with Crippen LogP contribution in [0.5, 0.6) is 0 Å². The van der Waals surface area contributed by atoms with Crippen LogP contribution >= 0.6 is 11.6 Å². The van der Waals surface area contributed by atoms with Crippen LogP contribution in [-0.2, 0) is 33.6 Å². The molecule has 0 saturated heterocycles. The Morgan fingerprint density at radius 2 is 1.74 bits per heavy atom. The first kappa shape index (κ1) is 22.5. The molecule has 0 atom stereocenters. The number of carbonyl (C=O) groups excluding carboxylic acids is 2. The number of hydrogen-bond donors (Lipinski definition) is 1. The van der Waals surface area contributed by atoms with Crippen molar-refractivity contribution in [2.45, 2.75) is 39.5 Å². The number of rotatable bonds is 9. The van der Waals surface area contributed by atoms with E-state index in [1.54, 1.807) is 24.3 Å². The number of amides is 1. The Morgan fingerprint density at radius 3 is 2.39 bits per heavy atom. The number of halogens is 1. The van der Waals surface area contributed by atoms with E-state index in [9.17, 15) is 9.59 Å². The smallest absolute Gasteiger partial charge is 0.306 e. The number of ether oxygens (including phenoxy) is 1. The average Bonchev–Trinajstić information content (AvgIpc) is 3.26. The summed E-state index contributed by atoms with van der Waals surface area (Å²) in [5.41, 5.74) is 3.66. The van der Waals surface area contributed by atoms with E-state index in [2.05, 4.69) is 15.5 Å². The van der Waals surface area contributed by atoms with Gasteiger partial charge in [0, 0.05) is 22.7 Å². The van der Waals surface area contributed by atoms with Crippen LogP contribution < -0.4 is 5.32 Å². The van der Waals surface area contributed by atoms with Crippen molar-refractivity contribution in [1.29, 1.82) is 0 Å². The number of carbonyl (C=O) groups is 2. The summed E-state index contributed by atoms with van der Waals surface area (Å²) in [6, 6.07) is 13.0. The molecule has 0 aliphatic heterocycles. The van der Waals surface area contributed by atoms with Crippen molar-refractivity contribution in [2.75, 3.05) is 11.9 Å². The molecule has 3 rings (SSSR count). The highest BCUT2D eigenvalue weighted by Crippen LogP contribution is 2.22. The fraction of sp³-hybridized carbons (Fsp3) is 0.304. The number of benzene rings is 2. The molecule has 0 fully saturated rings. The fourth-order valence-electron chi connectivity index (χ4n) is 3.08. The van der Waals surface area contributed by atoms with Crippen LogP contribution in [0.3, 0.4) is 0 Å². The van der Waals surface area contributed by atoms with Crippen molar-refractivity contribution in [3.05, 3.63) is 64.5 Å². The van der Waals surface area contributed by atoms with Crippen molar-refractivity contribution in [2.24, 2.45) is 0 Å². The van der Waals surface area contributed by atoms with Gasteiger partial charge < -0.3 is 14.6 Å². The maximum atomic E-state index is 12.3. The Labute approximate surface area is 185 Å². The van der Waals surface area contributed by atoms with E-state index in [-0.39, 0.29) is 25.4 Å². The van der Waals surface area contributed by atoms with Gasteiger partial charge in [0.05, 0.1) is 6.42 Å². The molecule has 1 amide bonds. The molecule has 0 unspecified atom stereocenters. The van der Waals surface area contributed by atoms with Gasteiger partial charge in [-0.15, -0.1) is 0 Å². The number of nitrogens with one attached hydrogen (secondary N) is 1.